The SMILES string of the molecule is COc1cccc(CCNC(=O)CC#N)c1OCCOc1ccc(C)cc1C. The number of nitriles is 1. The summed E-state index contributed by atoms with van der Waals surface area (Å²) < 4.78 is 17.2. The monoisotopic (exact) mass is 382 g/mol. The zero-order valence-electron chi connectivity index (χ0n) is 16.6. The van der Waals surface area contributed by atoms with Crippen LogP contribution in [0.2, 0.25) is 0 Å². The molecule has 1 N–H and O–H groups in total. The molecule has 0 heterocycles. The molecule has 0 aliphatic carbocycles. The first-order valence-corrected chi connectivity index (χ1v) is 9.17. The lowest BCUT2D eigenvalue weighted by atomic mass is 10.1. The summed E-state index contributed by atoms with van der Waals surface area (Å²) in [6.45, 7) is 5.25. The van der Waals surface area contributed by atoms with E-state index in [-0.39, 0.29) is 12.3 Å². The van der Waals surface area contributed by atoms with Gasteiger partial charge in [0.05, 0.1) is 13.2 Å². The summed E-state index contributed by atoms with van der Waals surface area (Å²) in [6, 6.07) is 13.5. The van der Waals surface area contributed by atoms with Crippen LogP contribution in [0.4, 0.5) is 0 Å². The fraction of sp³-hybridized carbons (Fsp3) is 0.364. The molecule has 6 nitrogen and oxygen atoms in total. The van der Waals surface area contributed by atoms with Gasteiger partial charge in [0.25, 0.3) is 0 Å². The van der Waals surface area contributed by atoms with Gasteiger partial charge in [-0.15, -0.1) is 0 Å². The summed E-state index contributed by atoms with van der Waals surface area (Å²) in [6.07, 6.45) is 0.429. The fourth-order valence-corrected chi connectivity index (χ4v) is 2.81. The molecule has 1 amide bonds. The van der Waals surface area contributed by atoms with Crippen LogP contribution >= 0.6 is 0 Å². The van der Waals surface area contributed by atoms with Crippen molar-refractivity contribution in [2.24, 2.45) is 0 Å². The van der Waals surface area contributed by atoms with Gasteiger partial charge < -0.3 is 19.5 Å². The number of hydrogen-bond acceptors (Lipinski definition) is 5. The van der Waals surface area contributed by atoms with Crippen molar-refractivity contribution in [3.8, 4) is 23.3 Å². The number of amides is 1. The van der Waals surface area contributed by atoms with Gasteiger partial charge in [0.15, 0.2) is 11.5 Å². The smallest absolute Gasteiger partial charge is 0.234 e. The number of hydrogen-bond donors (Lipinski definition) is 1. The first-order chi connectivity index (χ1) is 13.5. The standard InChI is InChI=1S/C22H26N2O4/c1-16-7-8-19(17(2)15-16)27-13-14-28-22-18(5-4-6-20(22)26-3)10-12-24-21(25)9-11-23/h4-8,15H,9-10,12-14H2,1-3H3,(H,24,25). The molecule has 2 aromatic rings. The minimum Gasteiger partial charge on any atom is -0.493 e. The van der Waals surface area contributed by atoms with Crippen LogP contribution in [-0.2, 0) is 11.2 Å². The normalized spacial score (nSPS) is 10.1. The van der Waals surface area contributed by atoms with Gasteiger partial charge in [-0.3, -0.25) is 4.79 Å². The molecule has 0 aliphatic heterocycles. The molecule has 0 bridgehead atoms. The van der Waals surface area contributed by atoms with E-state index in [1.54, 1.807) is 7.11 Å². The molecule has 0 saturated carbocycles. The van der Waals surface area contributed by atoms with E-state index in [1.807, 2.05) is 50.2 Å². The van der Waals surface area contributed by atoms with Crippen LogP contribution < -0.4 is 19.5 Å². The van der Waals surface area contributed by atoms with Gasteiger partial charge >= 0.3 is 0 Å². The van der Waals surface area contributed by atoms with Crippen LogP contribution in [0.15, 0.2) is 36.4 Å². The highest BCUT2D eigenvalue weighted by Crippen LogP contribution is 2.31. The second-order valence-corrected chi connectivity index (χ2v) is 6.35. The van der Waals surface area contributed by atoms with E-state index >= 15 is 0 Å². The van der Waals surface area contributed by atoms with Crippen molar-refractivity contribution in [3.05, 3.63) is 53.1 Å². The lowest BCUT2D eigenvalue weighted by Crippen LogP contribution is -2.25. The Kier molecular flexibility index (Phi) is 8.16. The van der Waals surface area contributed by atoms with E-state index in [9.17, 15) is 4.79 Å². The third kappa shape index (κ3) is 6.20. The van der Waals surface area contributed by atoms with Crippen molar-refractivity contribution >= 4 is 5.91 Å². The Labute approximate surface area is 166 Å². The number of nitrogens with one attached hydrogen (secondary N) is 1. The van der Waals surface area contributed by atoms with Gasteiger partial charge in [-0.25, -0.2) is 0 Å². The van der Waals surface area contributed by atoms with E-state index in [2.05, 4.69) is 11.4 Å². The van der Waals surface area contributed by atoms with E-state index in [4.69, 9.17) is 19.5 Å². The topological polar surface area (TPSA) is 80.6 Å². The molecule has 0 aliphatic rings. The second-order valence-electron chi connectivity index (χ2n) is 6.35. The zero-order valence-corrected chi connectivity index (χ0v) is 16.6. The zero-order chi connectivity index (χ0) is 20.4. The molecule has 0 atom stereocenters. The van der Waals surface area contributed by atoms with Crippen LogP contribution in [0.5, 0.6) is 17.2 Å². The summed E-state index contributed by atoms with van der Waals surface area (Å²) in [5.74, 6) is 1.83. The van der Waals surface area contributed by atoms with E-state index in [0.717, 1.165) is 16.9 Å². The molecule has 0 radical (unpaired) electrons. The molecular formula is C22H26N2O4. The van der Waals surface area contributed by atoms with Gasteiger partial charge in [-0.1, -0.05) is 29.8 Å². The lowest BCUT2D eigenvalue weighted by molar-refractivity contribution is -0.120. The van der Waals surface area contributed by atoms with Crippen molar-refractivity contribution in [2.45, 2.75) is 26.7 Å². The summed E-state index contributed by atoms with van der Waals surface area (Å²) in [4.78, 5) is 11.4. The number of carbonyl (C=O) groups excluding carboxylic acids is 1. The van der Waals surface area contributed by atoms with Crippen LogP contribution in [0.3, 0.4) is 0 Å². The van der Waals surface area contributed by atoms with Gasteiger partial charge in [0.1, 0.15) is 25.4 Å². The molecule has 28 heavy (non-hydrogen) atoms. The van der Waals surface area contributed by atoms with Crippen LogP contribution in [0, 0.1) is 25.2 Å². The number of benzene rings is 2. The van der Waals surface area contributed by atoms with Gasteiger partial charge in [-0.2, -0.15) is 5.26 Å². The Bertz CT molecular complexity index is 843. The Balaban J connectivity index is 1.93. The van der Waals surface area contributed by atoms with Crippen LogP contribution in [0.25, 0.3) is 0 Å². The Hall–Kier alpha value is -3.20. The summed E-state index contributed by atoms with van der Waals surface area (Å²) in [5.41, 5.74) is 3.20. The molecule has 6 heteroatoms. The maximum absolute atomic E-state index is 11.4. The lowest BCUT2D eigenvalue weighted by Gasteiger charge is -2.16. The average molecular weight is 382 g/mol. The molecule has 0 fully saturated rings. The summed E-state index contributed by atoms with van der Waals surface area (Å²) >= 11 is 0. The van der Waals surface area contributed by atoms with Crippen molar-refractivity contribution in [2.75, 3.05) is 26.9 Å². The van der Waals surface area contributed by atoms with E-state index in [1.165, 1.54) is 5.56 Å². The molecule has 148 valence electrons. The van der Waals surface area contributed by atoms with Crippen molar-refractivity contribution in [1.82, 2.24) is 5.32 Å². The van der Waals surface area contributed by atoms with E-state index < -0.39 is 0 Å². The van der Waals surface area contributed by atoms with Crippen molar-refractivity contribution < 1.29 is 19.0 Å². The van der Waals surface area contributed by atoms with Crippen molar-refractivity contribution in [1.29, 1.82) is 5.26 Å². The highest BCUT2D eigenvalue weighted by atomic mass is 16.5. The number of nitrogens with zero attached hydrogens (tertiary/aromatic N) is 1. The molecule has 0 unspecified atom stereocenters. The fourth-order valence-electron chi connectivity index (χ4n) is 2.81. The van der Waals surface area contributed by atoms with E-state index in [0.29, 0.717) is 37.7 Å². The van der Waals surface area contributed by atoms with Crippen molar-refractivity contribution in [3.63, 3.8) is 0 Å². The third-order valence-electron chi connectivity index (χ3n) is 4.15. The number of rotatable bonds is 10. The third-order valence-corrected chi connectivity index (χ3v) is 4.15. The number of para-hydroxylation sites is 1. The molecular weight excluding hydrogens is 356 g/mol. The average Bonchev–Trinajstić information content (AvgIpc) is 2.67. The first-order valence-electron chi connectivity index (χ1n) is 9.17. The molecule has 2 rings (SSSR count). The Morgan fingerprint density at radius 2 is 1.89 bits per heavy atom. The van der Waals surface area contributed by atoms with Crippen LogP contribution in [-0.4, -0.2) is 32.8 Å². The number of carbonyl (C=O) groups is 1. The summed E-state index contributed by atoms with van der Waals surface area (Å²) in [7, 11) is 1.59. The highest BCUT2D eigenvalue weighted by Gasteiger charge is 2.11. The quantitative estimate of drug-likeness (QED) is 0.638. The summed E-state index contributed by atoms with van der Waals surface area (Å²) in [5, 5.41) is 11.3. The first kappa shape index (κ1) is 21.1. The second kappa shape index (κ2) is 10.8. The van der Waals surface area contributed by atoms with Crippen LogP contribution in [0.1, 0.15) is 23.1 Å². The Morgan fingerprint density at radius 1 is 1.11 bits per heavy atom. The number of aryl methyl sites for hydroxylation is 2. The van der Waals surface area contributed by atoms with Gasteiger partial charge in [0, 0.05) is 6.54 Å². The van der Waals surface area contributed by atoms with Gasteiger partial charge in [0.2, 0.25) is 5.91 Å². The Morgan fingerprint density at radius 3 is 2.61 bits per heavy atom. The maximum atomic E-state index is 11.4. The molecule has 0 spiro atoms. The maximum Gasteiger partial charge on any atom is 0.234 e. The number of ether oxygens (including phenoxy) is 3. The highest BCUT2D eigenvalue weighted by molar-refractivity contribution is 5.77. The largest absolute Gasteiger partial charge is 0.493 e. The predicted octanol–water partition coefficient (Wildman–Crippen LogP) is 3.34. The minimum absolute atomic E-state index is 0.142. The molecule has 0 aromatic heterocycles. The molecule has 0 saturated heterocycles. The predicted molar refractivity (Wildman–Crippen MR) is 107 cm³/mol. The molecule has 2 aromatic carbocycles. The minimum atomic E-state index is -0.283. The van der Waals surface area contributed by atoms with Gasteiger partial charge in [-0.05, 0) is 43.5 Å². The number of methoxy groups -OCH3 is 1.